The van der Waals surface area contributed by atoms with E-state index < -0.39 is 0 Å². The molecule has 21 heavy (non-hydrogen) atoms. The molecule has 0 radical (unpaired) electrons. The van der Waals surface area contributed by atoms with Gasteiger partial charge in [-0.05, 0) is 18.4 Å². The van der Waals surface area contributed by atoms with Gasteiger partial charge in [0.05, 0.1) is 12.2 Å². The molecule has 1 saturated heterocycles. The molecule has 1 aliphatic heterocycles. The van der Waals surface area contributed by atoms with Gasteiger partial charge in [0.15, 0.2) is 0 Å². The van der Waals surface area contributed by atoms with Crippen molar-refractivity contribution in [2.45, 2.75) is 18.9 Å². The zero-order chi connectivity index (χ0) is 14.5. The number of aryl methyl sites for hydroxylation is 1. The molecule has 1 aromatic heterocycles. The number of nitrogens with one attached hydrogen (secondary N) is 1. The average molecular weight is 285 g/mol. The number of rotatable bonds is 5. The first-order valence-corrected chi connectivity index (χ1v) is 7.25. The number of carbonyl (C=O) groups excluding carboxylic acids is 1. The number of nitrogens with zero attached hydrogens (tertiary/aromatic N) is 4. The van der Waals surface area contributed by atoms with Gasteiger partial charge in [-0.15, -0.1) is 5.10 Å². The Labute approximate surface area is 123 Å². The van der Waals surface area contributed by atoms with E-state index >= 15 is 0 Å². The Morgan fingerprint density at radius 1 is 1.29 bits per heavy atom. The fourth-order valence-electron chi connectivity index (χ4n) is 2.44. The molecule has 1 N–H and O–H groups in total. The summed E-state index contributed by atoms with van der Waals surface area (Å²) < 4.78 is 1.80. The number of aromatic nitrogens is 3. The number of hydrogen-bond donors (Lipinski definition) is 1. The van der Waals surface area contributed by atoms with Crippen molar-refractivity contribution in [3.8, 4) is 0 Å². The fourth-order valence-corrected chi connectivity index (χ4v) is 2.44. The first-order valence-electron chi connectivity index (χ1n) is 7.25. The minimum atomic E-state index is 0.0134. The van der Waals surface area contributed by atoms with Crippen LogP contribution in [0.15, 0.2) is 42.7 Å². The Balaban J connectivity index is 1.33. The maximum absolute atomic E-state index is 11.9. The maximum atomic E-state index is 11.9. The van der Waals surface area contributed by atoms with Gasteiger partial charge in [0.1, 0.15) is 0 Å². The summed E-state index contributed by atoms with van der Waals surface area (Å²) in [5.41, 5.74) is 1.31. The molecule has 3 rings (SSSR count). The van der Waals surface area contributed by atoms with Crippen molar-refractivity contribution in [1.29, 1.82) is 0 Å². The zero-order valence-electron chi connectivity index (χ0n) is 11.9. The van der Waals surface area contributed by atoms with Gasteiger partial charge in [-0.2, -0.15) is 0 Å². The van der Waals surface area contributed by atoms with Crippen molar-refractivity contribution < 1.29 is 4.79 Å². The lowest BCUT2D eigenvalue weighted by molar-refractivity contribution is 0.117. The minimum absolute atomic E-state index is 0.0134. The van der Waals surface area contributed by atoms with E-state index in [0.29, 0.717) is 19.6 Å². The topological polar surface area (TPSA) is 63.1 Å². The molecule has 2 amide bonds. The van der Waals surface area contributed by atoms with E-state index in [1.165, 1.54) is 5.56 Å². The Bertz CT molecular complexity index is 563. The molecule has 1 fully saturated rings. The first kappa shape index (κ1) is 13.6. The molecule has 1 aliphatic rings. The summed E-state index contributed by atoms with van der Waals surface area (Å²) in [4.78, 5) is 13.7. The smallest absolute Gasteiger partial charge is 0.317 e. The molecule has 6 heteroatoms. The lowest BCUT2D eigenvalue weighted by Crippen LogP contribution is -2.54. The van der Waals surface area contributed by atoms with Crippen LogP contribution in [0.2, 0.25) is 0 Å². The molecule has 0 bridgehead atoms. The molecule has 0 aliphatic carbocycles. The highest BCUT2D eigenvalue weighted by atomic mass is 16.2. The van der Waals surface area contributed by atoms with Crippen LogP contribution in [-0.2, 0) is 6.42 Å². The van der Waals surface area contributed by atoms with Gasteiger partial charge in [-0.3, -0.25) is 0 Å². The second-order valence-corrected chi connectivity index (χ2v) is 5.26. The van der Waals surface area contributed by atoms with Gasteiger partial charge in [0.25, 0.3) is 0 Å². The SMILES string of the molecule is O=C(NCCCc1ccccc1)N1CC(n2ccnn2)C1. The van der Waals surface area contributed by atoms with Crippen LogP contribution in [0, 0.1) is 0 Å². The van der Waals surface area contributed by atoms with E-state index in [0.717, 1.165) is 12.8 Å². The highest BCUT2D eigenvalue weighted by Crippen LogP contribution is 2.19. The van der Waals surface area contributed by atoms with Gasteiger partial charge in [0, 0.05) is 25.8 Å². The molecule has 6 nitrogen and oxygen atoms in total. The molecule has 2 heterocycles. The highest BCUT2D eigenvalue weighted by molar-refractivity contribution is 5.75. The largest absolute Gasteiger partial charge is 0.338 e. The molecule has 0 unspecified atom stereocenters. The quantitative estimate of drug-likeness (QED) is 0.846. The number of benzene rings is 1. The summed E-state index contributed by atoms with van der Waals surface area (Å²) in [5, 5.41) is 10.7. The number of urea groups is 1. The Hall–Kier alpha value is -2.37. The van der Waals surface area contributed by atoms with E-state index in [-0.39, 0.29) is 12.1 Å². The Kier molecular flexibility index (Phi) is 4.14. The second-order valence-electron chi connectivity index (χ2n) is 5.26. The van der Waals surface area contributed by atoms with Crippen molar-refractivity contribution >= 4 is 6.03 Å². The van der Waals surface area contributed by atoms with Crippen LogP contribution in [0.1, 0.15) is 18.0 Å². The van der Waals surface area contributed by atoms with E-state index in [2.05, 4.69) is 27.8 Å². The summed E-state index contributed by atoms with van der Waals surface area (Å²) in [7, 11) is 0. The summed E-state index contributed by atoms with van der Waals surface area (Å²) in [6.45, 7) is 2.11. The van der Waals surface area contributed by atoms with E-state index in [1.807, 2.05) is 24.4 Å². The van der Waals surface area contributed by atoms with Crippen LogP contribution in [0.25, 0.3) is 0 Å². The van der Waals surface area contributed by atoms with Gasteiger partial charge in [-0.1, -0.05) is 35.5 Å². The lowest BCUT2D eigenvalue weighted by Gasteiger charge is -2.38. The fraction of sp³-hybridized carbons (Fsp3) is 0.400. The van der Waals surface area contributed by atoms with E-state index in [9.17, 15) is 4.79 Å². The number of amides is 2. The van der Waals surface area contributed by atoms with Gasteiger partial charge in [-0.25, -0.2) is 9.48 Å². The van der Waals surface area contributed by atoms with Gasteiger partial charge < -0.3 is 10.2 Å². The summed E-state index contributed by atoms with van der Waals surface area (Å²) in [5.74, 6) is 0. The van der Waals surface area contributed by atoms with Crippen molar-refractivity contribution in [2.24, 2.45) is 0 Å². The highest BCUT2D eigenvalue weighted by Gasteiger charge is 2.32. The number of carbonyl (C=O) groups is 1. The zero-order valence-corrected chi connectivity index (χ0v) is 11.9. The second kappa shape index (κ2) is 6.39. The summed E-state index contributed by atoms with van der Waals surface area (Å²) in [6, 6.07) is 10.6. The predicted octanol–water partition coefficient (Wildman–Crippen LogP) is 1.48. The monoisotopic (exact) mass is 285 g/mol. The van der Waals surface area contributed by atoms with Crippen LogP contribution in [0.5, 0.6) is 0 Å². The maximum Gasteiger partial charge on any atom is 0.317 e. The third-order valence-electron chi connectivity index (χ3n) is 3.73. The lowest BCUT2D eigenvalue weighted by atomic mass is 10.1. The van der Waals surface area contributed by atoms with Crippen LogP contribution in [0.4, 0.5) is 4.79 Å². The first-order chi connectivity index (χ1) is 10.3. The average Bonchev–Trinajstić information content (AvgIpc) is 2.97. The molecule has 110 valence electrons. The molecule has 0 saturated carbocycles. The van der Waals surface area contributed by atoms with Crippen molar-refractivity contribution in [1.82, 2.24) is 25.2 Å². The Morgan fingerprint density at radius 2 is 2.10 bits per heavy atom. The van der Waals surface area contributed by atoms with Gasteiger partial charge in [0.2, 0.25) is 0 Å². The van der Waals surface area contributed by atoms with Crippen molar-refractivity contribution in [2.75, 3.05) is 19.6 Å². The van der Waals surface area contributed by atoms with Crippen LogP contribution in [-0.4, -0.2) is 45.6 Å². The summed E-state index contributed by atoms with van der Waals surface area (Å²) >= 11 is 0. The molecule has 2 aromatic rings. The molecular formula is C15H19N5O. The van der Waals surface area contributed by atoms with Crippen molar-refractivity contribution in [3.05, 3.63) is 48.3 Å². The minimum Gasteiger partial charge on any atom is -0.338 e. The Morgan fingerprint density at radius 3 is 2.81 bits per heavy atom. The number of hydrogen-bond acceptors (Lipinski definition) is 3. The van der Waals surface area contributed by atoms with Crippen molar-refractivity contribution in [3.63, 3.8) is 0 Å². The third-order valence-corrected chi connectivity index (χ3v) is 3.73. The number of likely N-dealkylation sites (tertiary alicyclic amines) is 1. The standard InChI is InChI=1S/C15H19N5O/c21-15(16-8-4-7-13-5-2-1-3-6-13)19-11-14(12-19)20-10-9-17-18-20/h1-3,5-6,9-10,14H,4,7-8,11-12H2,(H,16,21). The normalized spacial score (nSPS) is 14.8. The third kappa shape index (κ3) is 3.39. The van der Waals surface area contributed by atoms with Gasteiger partial charge >= 0.3 is 6.03 Å². The van der Waals surface area contributed by atoms with Crippen LogP contribution in [0.3, 0.4) is 0 Å². The van der Waals surface area contributed by atoms with E-state index in [4.69, 9.17) is 0 Å². The molecular weight excluding hydrogens is 266 g/mol. The summed E-state index contributed by atoms with van der Waals surface area (Å²) in [6.07, 6.45) is 5.44. The predicted molar refractivity (Wildman–Crippen MR) is 78.8 cm³/mol. The molecule has 0 atom stereocenters. The molecule has 1 aromatic carbocycles. The van der Waals surface area contributed by atoms with Crippen LogP contribution < -0.4 is 5.32 Å². The van der Waals surface area contributed by atoms with Crippen LogP contribution >= 0.6 is 0 Å². The van der Waals surface area contributed by atoms with E-state index in [1.54, 1.807) is 15.8 Å². The molecule has 0 spiro atoms.